The first-order chi connectivity index (χ1) is 12.2. The molecule has 1 atom stereocenters. The molecule has 7 heteroatoms. The highest BCUT2D eigenvalue weighted by molar-refractivity contribution is 7.98. The van der Waals surface area contributed by atoms with Crippen LogP contribution >= 0.6 is 11.8 Å². The molecule has 2 aromatic heterocycles. The van der Waals surface area contributed by atoms with Gasteiger partial charge in [-0.1, -0.05) is 25.1 Å². The predicted molar refractivity (Wildman–Crippen MR) is 98.8 cm³/mol. The van der Waals surface area contributed by atoms with Gasteiger partial charge in [0.1, 0.15) is 5.82 Å². The first-order valence-corrected chi connectivity index (χ1v) is 10.1. The van der Waals surface area contributed by atoms with Crippen LogP contribution in [0.3, 0.4) is 0 Å². The number of rotatable bonds is 6. The number of imidazole rings is 1. The van der Waals surface area contributed by atoms with Gasteiger partial charge in [0.05, 0.1) is 5.56 Å². The zero-order valence-corrected chi connectivity index (χ0v) is 15.7. The maximum absolute atomic E-state index is 12.8. The first-order valence-electron chi connectivity index (χ1n) is 8.89. The number of thioether (sulfide) groups is 1. The lowest BCUT2D eigenvalue weighted by molar-refractivity contribution is 0.0702. The van der Waals surface area contributed by atoms with E-state index in [0.29, 0.717) is 23.2 Å². The average Bonchev–Trinajstić information content (AvgIpc) is 3.14. The van der Waals surface area contributed by atoms with Crippen molar-refractivity contribution in [3.63, 3.8) is 0 Å². The summed E-state index contributed by atoms with van der Waals surface area (Å²) >= 11 is 1.47. The van der Waals surface area contributed by atoms with Gasteiger partial charge in [-0.15, -0.1) is 0 Å². The van der Waals surface area contributed by atoms with Gasteiger partial charge < -0.3 is 9.47 Å². The van der Waals surface area contributed by atoms with E-state index in [-0.39, 0.29) is 5.91 Å². The summed E-state index contributed by atoms with van der Waals surface area (Å²) in [5, 5.41) is 0.686. The number of amides is 1. The van der Waals surface area contributed by atoms with Crippen LogP contribution in [0.1, 0.15) is 54.7 Å². The van der Waals surface area contributed by atoms with Crippen LogP contribution in [0, 0.1) is 0 Å². The van der Waals surface area contributed by atoms with Gasteiger partial charge in [-0.3, -0.25) is 4.79 Å². The van der Waals surface area contributed by atoms with Gasteiger partial charge in [0.25, 0.3) is 5.91 Å². The summed E-state index contributed by atoms with van der Waals surface area (Å²) in [6.45, 7) is 4.70. The number of aromatic nitrogens is 4. The van der Waals surface area contributed by atoms with Gasteiger partial charge in [-0.25, -0.2) is 15.0 Å². The van der Waals surface area contributed by atoms with Crippen molar-refractivity contribution in [3.8, 4) is 0 Å². The largest absolute Gasteiger partial charge is 0.338 e. The van der Waals surface area contributed by atoms with Crippen molar-refractivity contribution in [3.05, 3.63) is 36.2 Å². The van der Waals surface area contributed by atoms with Crippen LogP contribution in [-0.4, -0.2) is 49.7 Å². The molecule has 1 fully saturated rings. The van der Waals surface area contributed by atoms with Crippen molar-refractivity contribution < 1.29 is 4.79 Å². The molecule has 0 spiro atoms. The number of likely N-dealkylation sites (tertiary alicyclic amines) is 1. The van der Waals surface area contributed by atoms with Gasteiger partial charge >= 0.3 is 0 Å². The Bertz CT molecular complexity index is 700. The fraction of sp³-hybridized carbons (Fsp3) is 0.556. The van der Waals surface area contributed by atoms with Crippen LogP contribution in [0.5, 0.6) is 0 Å². The lowest BCUT2D eigenvalue weighted by Crippen LogP contribution is -2.39. The third kappa shape index (κ3) is 4.21. The molecule has 1 aliphatic rings. The Labute approximate surface area is 153 Å². The molecule has 0 bridgehead atoms. The van der Waals surface area contributed by atoms with E-state index in [1.54, 1.807) is 12.4 Å². The van der Waals surface area contributed by atoms with E-state index in [9.17, 15) is 4.79 Å². The number of nitrogens with zero attached hydrogens (tertiary/aromatic N) is 5. The molecule has 0 aliphatic carbocycles. The maximum atomic E-state index is 12.8. The third-order valence-corrected chi connectivity index (χ3v) is 5.21. The maximum Gasteiger partial charge on any atom is 0.257 e. The minimum Gasteiger partial charge on any atom is -0.338 e. The molecule has 1 unspecified atom stereocenters. The molecule has 0 N–H and O–H groups in total. The van der Waals surface area contributed by atoms with Crippen LogP contribution in [0.2, 0.25) is 0 Å². The van der Waals surface area contributed by atoms with E-state index in [1.807, 2.05) is 17.4 Å². The van der Waals surface area contributed by atoms with Crippen molar-refractivity contribution in [2.45, 2.75) is 50.2 Å². The van der Waals surface area contributed by atoms with E-state index >= 15 is 0 Å². The molecule has 25 heavy (non-hydrogen) atoms. The number of carbonyl (C=O) groups is 1. The fourth-order valence-corrected chi connectivity index (χ4v) is 3.60. The van der Waals surface area contributed by atoms with Crippen molar-refractivity contribution in [2.75, 3.05) is 19.3 Å². The van der Waals surface area contributed by atoms with Crippen LogP contribution in [0.4, 0.5) is 0 Å². The van der Waals surface area contributed by atoms with Crippen LogP contribution < -0.4 is 0 Å². The van der Waals surface area contributed by atoms with Gasteiger partial charge in [0, 0.05) is 50.3 Å². The summed E-state index contributed by atoms with van der Waals surface area (Å²) in [6.07, 6.45) is 13.5. The Kier molecular flexibility index (Phi) is 6.07. The van der Waals surface area contributed by atoms with Gasteiger partial charge in [0.2, 0.25) is 0 Å². The molecular formula is C18H25N5OS. The monoisotopic (exact) mass is 359 g/mol. The molecule has 134 valence electrons. The van der Waals surface area contributed by atoms with E-state index in [1.165, 1.54) is 18.2 Å². The highest BCUT2D eigenvalue weighted by Gasteiger charge is 2.28. The number of carbonyl (C=O) groups excluding carboxylic acids is 1. The Balaban J connectivity index is 1.70. The summed E-state index contributed by atoms with van der Waals surface area (Å²) in [4.78, 5) is 27.7. The molecule has 3 rings (SSSR count). The Morgan fingerprint density at radius 3 is 2.84 bits per heavy atom. The van der Waals surface area contributed by atoms with Crippen molar-refractivity contribution in [1.82, 2.24) is 24.4 Å². The molecule has 1 amide bonds. The standard InChI is InChI=1S/C18H25N5OS/c1-3-4-8-22-10-7-19-16(22)14-6-5-9-23(13-14)17(24)15-11-20-18(25-2)21-12-15/h7,10-12,14H,3-6,8-9,13H2,1-2H3. The highest BCUT2D eigenvalue weighted by Crippen LogP contribution is 2.27. The van der Waals surface area contributed by atoms with Crippen molar-refractivity contribution >= 4 is 17.7 Å². The van der Waals surface area contributed by atoms with E-state index in [4.69, 9.17) is 0 Å². The Morgan fingerprint density at radius 2 is 2.12 bits per heavy atom. The average molecular weight is 359 g/mol. The second kappa shape index (κ2) is 8.47. The van der Waals surface area contributed by atoms with E-state index in [2.05, 4.69) is 32.6 Å². The molecule has 1 saturated heterocycles. The van der Waals surface area contributed by atoms with Crippen LogP contribution in [0.15, 0.2) is 29.9 Å². The lowest BCUT2D eigenvalue weighted by atomic mass is 9.96. The molecule has 0 radical (unpaired) electrons. The molecule has 2 aromatic rings. The number of piperidine rings is 1. The number of unbranched alkanes of at least 4 members (excludes halogenated alkanes) is 1. The predicted octanol–water partition coefficient (Wildman–Crippen LogP) is 3.21. The lowest BCUT2D eigenvalue weighted by Gasteiger charge is -2.32. The zero-order chi connectivity index (χ0) is 17.6. The second-order valence-corrected chi connectivity index (χ2v) is 7.15. The Hall–Kier alpha value is -1.89. The summed E-state index contributed by atoms with van der Waals surface area (Å²) in [7, 11) is 0. The topological polar surface area (TPSA) is 63.9 Å². The number of aryl methyl sites for hydroxylation is 1. The quantitative estimate of drug-likeness (QED) is 0.585. The molecular weight excluding hydrogens is 334 g/mol. The van der Waals surface area contributed by atoms with Gasteiger partial charge in [0.15, 0.2) is 5.16 Å². The molecule has 1 aliphatic heterocycles. The van der Waals surface area contributed by atoms with E-state index < -0.39 is 0 Å². The molecule has 6 nitrogen and oxygen atoms in total. The minimum atomic E-state index is 0.0176. The smallest absolute Gasteiger partial charge is 0.257 e. The van der Waals surface area contributed by atoms with Crippen molar-refractivity contribution in [1.29, 1.82) is 0 Å². The van der Waals surface area contributed by atoms with Crippen LogP contribution in [-0.2, 0) is 6.54 Å². The fourth-order valence-electron chi connectivity index (χ4n) is 3.29. The molecule has 3 heterocycles. The zero-order valence-electron chi connectivity index (χ0n) is 14.9. The summed E-state index contributed by atoms with van der Waals surface area (Å²) in [5.41, 5.74) is 0.563. The number of hydrogen-bond donors (Lipinski definition) is 0. The number of hydrogen-bond acceptors (Lipinski definition) is 5. The van der Waals surface area contributed by atoms with Crippen LogP contribution in [0.25, 0.3) is 0 Å². The molecule has 0 aromatic carbocycles. The Morgan fingerprint density at radius 1 is 1.32 bits per heavy atom. The second-order valence-electron chi connectivity index (χ2n) is 6.38. The highest BCUT2D eigenvalue weighted by atomic mass is 32.2. The van der Waals surface area contributed by atoms with Gasteiger partial charge in [-0.05, 0) is 25.5 Å². The van der Waals surface area contributed by atoms with Crippen molar-refractivity contribution in [2.24, 2.45) is 0 Å². The molecule has 0 saturated carbocycles. The normalized spacial score (nSPS) is 17.7. The summed E-state index contributed by atoms with van der Waals surface area (Å²) in [6, 6.07) is 0. The third-order valence-electron chi connectivity index (χ3n) is 4.63. The summed E-state index contributed by atoms with van der Waals surface area (Å²) < 4.78 is 2.25. The minimum absolute atomic E-state index is 0.0176. The first kappa shape index (κ1) is 17.9. The van der Waals surface area contributed by atoms with E-state index in [0.717, 1.165) is 38.2 Å². The summed E-state index contributed by atoms with van der Waals surface area (Å²) in [5.74, 6) is 1.43. The van der Waals surface area contributed by atoms with Gasteiger partial charge in [-0.2, -0.15) is 0 Å². The SMILES string of the molecule is CCCCn1ccnc1C1CCCN(C(=O)c2cnc(SC)nc2)C1.